The summed E-state index contributed by atoms with van der Waals surface area (Å²) in [5, 5.41) is 4.64. The highest BCUT2D eigenvalue weighted by Gasteiger charge is 2.28. The van der Waals surface area contributed by atoms with E-state index >= 15 is 0 Å². The first kappa shape index (κ1) is 30.4. The van der Waals surface area contributed by atoms with Gasteiger partial charge in [0.15, 0.2) is 5.78 Å². The third-order valence-electron chi connectivity index (χ3n) is 7.31. The number of aromatic nitrogens is 1. The van der Waals surface area contributed by atoms with Gasteiger partial charge in [0.1, 0.15) is 5.78 Å². The minimum Gasteiger partial charge on any atom is -0.379 e. The molecule has 1 amide bonds. The van der Waals surface area contributed by atoms with Gasteiger partial charge in [0.25, 0.3) is 0 Å². The van der Waals surface area contributed by atoms with E-state index in [1.54, 1.807) is 6.07 Å². The second kappa shape index (κ2) is 14.9. The Morgan fingerprint density at radius 3 is 2.66 bits per heavy atom. The molecule has 0 aliphatic carbocycles. The summed E-state index contributed by atoms with van der Waals surface area (Å²) < 4.78 is 6.34. The molecule has 2 heterocycles. The fourth-order valence-corrected chi connectivity index (χ4v) is 5.91. The Kier molecular flexibility index (Phi) is 11.9. The molecule has 1 aromatic heterocycles. The molecule has 38 heavy (non-hydrogen) atoms. The number of morpholine rings is 1. The van der Waals surface area contributed by atoms with Crippen LogP contribution in [0.3, 0.4) is 0 Å². The highest BCUT2D eigenvalue weighted by molar-refractivity contribution is 7.18. The van der Waals surface area contributed by atoms with E-state index in [0.717, 1.165) is 34.7 Å². The summed E-state index contributed by atoms with van der Waals surface area (Å²) in [6.07, 6.45) is 2.67. The van der Waals surface area contributed by atoms with Crippen molar-refractivity contribution in [2.75, 3.05) is 32.8 Å². The van der Waals surface area contributed by atoms with Crippen molar-refractivity contribution in [1.82, 2.24) is 15.2 Å². The number of nitrogens with one attached hydrogen (secondary N) is 1. The van der Waals surface area contributed by atoms with E-state index < -0.39 is 5.92 Å². The van der Waals surface area contributed by atoms with E-state index in [1.807, 2.05) is 19.1 Å². The number of thiazole rings is 1. The van der Waals surface area contributed by atoms with Gasteiger partial charge in [-0.3, -0.25) is 19.3 Å². The Morgan fingerprint density at radius 1 is 1.24 bits per heavy atom. The number of ketones is 2. The molecule has 7 nitrogen and oxygen atoms in total. The lowest BCUT2D eigenvalue weighted by atomic mass is 9.91. The summed E-state index contributed by atoms with van der Waals surface area (Å²) in [6.45, 7) is 13.5. The van der Waals surface area contributed by atoms with Gasteiger partial charge in [-0.05, 0) is 30.5 Å². The van der Waals surface area contributed by atoms with Gasteiger partial charge in [0.05, 0.1) is 34.4 Å². The topological polar surface area (TPSA) is 88.6 Å². The molecule has 0 radical (unpaired) electrons. The van der Waals surface area contributed by atoms with Crippen molar-refractivity contribution < 1.29 is 19.1 Å². The summed E-state index contributed by atoms with van der Waals surface area (Å²) in [4.78, 5) is 45.6. The first-order chi connectivity index (χ1) is 18.2. The lowest BCUT2D eigenvalue weighted by Gasteiger charge is -2.28. The van der Waals surface area contributed by atoms with Crippen molar-refractivity contribution in [1.29, 1.82) is 0 Å². The molecule has 2 aromatic rings. The predicted molar refractivity (Wildman–Crippen MR) is 154 cm³/mol. The number of ether oxygens (including phenoxy) is 1. The summed E-state index contributed by atoms with van der Waals surface area (Å²) in [5.74, 6) is -0.411. The van der Waals surface area contributed by atoms with Crippen LogP contribution in [0.25, 0.3) is 10.2 Å². The van der Waals surface area contributed by atoms with Crippen LogP contribution in [0.15, 0.2) is 30.4 Å². The third kappa shape index (κ3) is 8.97. The zero-order chi connectivity index (χ0) is 27.7. The molecule has 3 atom stereocenters. The molecule has 0 bridgehead atoms. The average Bonchev–Trinajstić information content (AvgIpc) is 3.31. The van der Waals surface area contributed by atoms with E-state index in [0.29, 0.717) is 56.0 Å². The number of hydrogen-bond donors (Lipinski definition) is 1. The first-order valence-corrected chi connectivity index (χ1v) is 14.8. The Balaban J connectivity index is 1.65. The fourth-order valence-electron chi connectivity index (χ4n) is 4.59. The zero-order valence-corrected chi connectivity index (χ0v) is 24.3. The standard InChI is InChI=1S/C29H40ClN3O4S/c1-5-19(3)24(9-10-26(35)20(4)18-33-11-13-37-14-12-33)32-29(36)21(15-23(34)6-2)16-28-31-25-8-7-22(30)17-27(25)38-28/h7-8,17,19,21,24H,4-6,9-16,18H2,1-3H3,(H,32,36)/t19-,21-,24+/m0/s1. The number of hydrogen-bond acceptors (Lipinski definition) is 7. The van der Waals surface area contributed by atoms with E-state index in [1.165, 1.54) is 11.3 Å². The number of carbonyl (C=O) groups excluding carboxylic acids is 3. The smallest absolute Gasteiger partial charge is 0.224 e. The van der Waals surface area contributed by atoms with Gasteiger partial charge in [-0.15, -0.1) is 11.3 Å². The van der Waals surface area contributed by atoms with Crippen LogP contribution < -0.4 is 5.32 Å². The van der Waals surface area contributed by atoms with E-state index in [9.17, 15) is 14.4 Å². The lowest BCUT2D eigenvalue weighted by Crippen LogP contribution is -2.44. The van der Waals surface area contributed by atoms with Gasteiger partial charge in [-0.1, -0.05) is 45.4 Å². The summed E-state index contributed by atoms with van der Waals surface area (Å²) in [6, 6.07) is 5.37. The molecule has 1 fully saturated rings. The molecule has 9 heteroatoms. The molecular weight excluding hydrogens is 522 g/mol. The van der Waals surface area contributed by atoms with E-state index in [2.05, 4.69) is 35.6 Å². The number of benzene rings is 1. The van der Waals surface area contributed by atoms with Crippen LogP contribution in [0.1, 0.15) is 57.9 Å². The van der Waals surface area contributed by atoms with Gasteiger partial charge in [0.2, 0.25) is 5.91 Å². The molecular formula is C29H40ClN3O4S. The Morgan fingerprint density at radius 2 is 1.97 bits per heavy atom. The van der Waals surface area contributed by atoms with Crippen molar-refractivity contribution in [2.24, 2.45) is 11.8 Å². The van der Waals surface area contributed by atoms with Crippen LogP contribution >= 0.6 is 22.9 Å². The maximum atomic E-state index is 13.5. The minimum absolute atomic E-state index is 0.0323. The molecule has 0 unspecified atom stereocenters. The number of fused-ring (bicyclic) bond motifs is 1. The van der Waals surface area contributed by atoms with Crippen molar-refractivity contribution in [3.05, 3.63) is 40.4 Å². The second-order valence-electron chi connectivity index (χ2n) is 10.2. The van der Waals surface area contributed by atoms with Crippen LogP contribution in [-0.4, -0.2) is 66.2 Å². The Labute approximate surface area is 235 Å². The van der Waals surface area contributed by atoms with Crippen LogP contribution in [0.4, 0.5) is 0 Å². The zero-order valence-electron chi connectivity index (χ0n) is 22.8. The largest absolute Gasteiger partial charge is 0.379 e. The van der Waals surface area contributed by atoms with Crippen LogP contribution in [-0.2, 0) is 25.5 Å². The van der Waals surface area contributed by atoms with Crippen LogP contribution in [0, 0.1) is 11.8 Å². The number of halogens is 1. The van der Waals surface area contributed by atoms with Gasteiger partial charge in [-0.2, -0.15) is 0 Å². The average molecular weight is 562 g/mol. The molecule has 1 N–H and O–H groups in total. The maximum absolute atomic E-state index is 13.5. The van der Waals surface area contributed by atoms with Crippen molar-refractivity contribution in [2.45, 2.75) is 65.3 Å². The predicted octanol–water partition coefficient (Wildman–Crippen LogP) is 5.25. The lowest BCUT2D eigenvalue weighted by molar-refractivity contribution is -0.130. The van der Waals surface area contributed by atoms with Crippen LogP contribution in [0.2, 0.25) is 5.02 Å². The van der Waals surface area contributed by atoms with Crippen molar-refractivity contribution in [3.63, 3.8) is 0 Å². The van der Waals surface area contributed by atoms with E-state index in [4.69, 9.17) is 16.3 Å². The quantitative estimate of drug-likeness (QED) is 0.299. The molecule has 0 spiro atoms. The number of amides is 1. The minimum atomic E-state index is -0.517. The molecule has 208 valence electrons. The number of nitrogens with zero attached hydrogens (tertiary/aromatic N) is 2. The summed E-state index contributed by atoms with van der Waals surface area (Å²) >= 11 is 7.63. The van der Waals surface area contributed by atoms with Crippen LogP contribution in [0.5, 0.6) is 0 Å². The highest BCUT2D eigenvalue weighted by Crippen LogP contribution is 2.28. The van der Waals surface area contributed by atoms with Crippen molar-refractivity contribution >= 4 is 50.6 Å². The number of carbonyl (C=O) groups is 3. The Hall–Kier alpha value is -2.13. The van der Waals surface area contributed by atoms with Crippen molar-refractivity contribution in [3.8, 4) is 0 Å². The summed E-state index contributed by atoms with van der Waals surface area (Å²) in [7, 11) is 0. The second-order valence-corrected chi connectivity index (χ2v) is 11.7. The SMILES string of the molecule is C=C(CN1CCOCC1)C(=O)CC[C@@H](NC(=O)[C@@H](CC(=O)CC)Cc1nc2ccc(Cl)cc2s1)[C@@H](C)CC. The molecule has 1 aliphatic rings. The Bertz CT molecular complexity index is 1130. The monoisotopic (exact) mass is 561 g/mol. The maximum Gasteiger partial charge on any atom is 0.224 e. The molecule has 1 aliphatic heterocycles. The molecule has 0 saturated carbocycles. The van der Waals surface area contributed by atoms with Gasteiger partial charge in [0, 0.05) is 62.0 Å². The first-order valence-electron chi connectivity index (χ1n) is 13.6. The normalized spacial score (nSPS) is 16.6. The fraction of sp³-hybridized carbons (Fsp3) is 0.586. The molecule has 1 aromatic carbocycles. The highest BCUT2D eigenvalue weighted by atomic mass is 35.5. The third-order valence-corrected chi connectivity index (χ3v) is 8.58. The number of Topliss-reactive ketones (excluding diaryl/α,β-unsaturated/α-hetero) is 2. The van der Waals surface area contributed by atoms with Gasteiger partial charge < -0.3 is 10.1 Å². The van der Waals surface area contributed by atoms with Gasteiger partial charge in [-0.25, -0.2) is 4.98 Å². The number of rotatable bonds is 15. The van der Waals surface area contributed by atoms with E-state index in [-0.39, 0.29) is 35.9 Å². The summed E-state index contributed by atoms with van der Waals surface area (Å²) in [5.41, 5.74) is 1.44. The van der Waals surface area contributed by atoms with Gasteiger partial charge >= 0.3 is 0 Å². The molecule has 3 rings (SSSR count). The molecule has 1 saturated heterocycles.